The summed E-state index contributed by atoms with van der Waals surface area (Å²) in [6.07, 6.45) is 0.727. The molecular formula is C18H16BrN3O4. The smallest absolute Gasteiger partial charge is 0.337 e. The van der Waals surface area contributed by atoms with E-state index in [1.54, 1.807) is 0 Å². The molecule has 4 rings (SSSR count). The number of esters is 1. The third kappa shape index (κ3) is 2.52. The number of anilines is 1. The number of fused-ring (bicyclic) bond motifs is 1. The Bertz CT molecular complexity index is 1050. The summed E-state index contributed by atoms with van der Waals surface area (Å²) >= 11 is 3.40. The number of nitrogens with zero attached hydrogens (tertiary/aromatic N) is 1. The van der Waals surface area contributed by atoms with Crippen molar-refractivity contribution in [2.75, 3.05) is 11.9 Å². The number of rotatable bonds is 3. The first-order chi connectivity index (χ1) is 12.5. The van der Waals surface area contributed by atoms with Gasteiger partial charge in [-0.1, -0.05) is 35.0 Å². The van der Waals surface area contributed by atoms with Crippen molar-refractivity contribution in [3.63, 3.8) is 0 Å². The van der Waals surface area contributed by atoms with E-state index in [1.807, 2.05) is 31.2 Å². The lowest BCUT2D eigenvalue weighted by Crippen LogP contribution is -2.38. The molecule has 1 aromatic heterocycles. The van der Waals surface area contributed by atoms with Crippen molar-refractivity contribution in [3.8, 4) is 0 Å². The Balaban J connectivity index is 2.02. The first-order valence-corrected chi connectivity index (χ1v) is 9.10. The average Bonchev–Trinajstić information content (AvgIpc) is 2.98. The number of halogens is 1. The summed E-state index contributed by atoms with van der Waals surface area (Å²) in [7, 11) is 0. The van der Waals surface area contributed by atoms with Crippen LogP contribution in [-0.4, -0.2) is 22.1 Å². The number of carbonyl (C=O) groups is 1. The minimum absolute atomic E-state index is 0.105. The molecule has 2 aliphatic rings. The number of hydrogen-bond donors (Lipinski definition) is 2. The number of cyclic esters (lactones) is 1. The largest absolute Gasteiger partial charge is 0.456 e. The Labute approximate surface area is 156 Å². The second-order valence-corrected chi connectivity index (χ2v) is 7.17. The second-order valence-electron chi connectivity index (χ2n) is 6.25. The molecule has 2 aromatic rings. The van der Waals surface area contributed by atoms with Crippen LogP contribution in [0.25, 0.3) is 0 Å². The van der Waals surface area contributed by atoms with Crippen molar-refractivity contribution in [3.05, 3.63) is 72.0 Å². The molecule has 0 saturated heterocycles. The third-order valence-electron chi connectivity index (χ3n) is 4.63. The van der Waals surface area contributed by atoms with Gasteiger partial charge in [-0.05, 0) is 24.1 Å². The molecule has 0 fully saturated rings. The van der Waals surface area contributed by atoms with Crippen LogP contribution in [0.3, 0.4) is 0 Å². The zero-order valence-corrected chi connectivity index (χ0v) is 15.6. The molecule has 26 heavy (non-hydrogen) atoms. The van der Waals surface area contributed by atoms with Gasteiger partial charge in [0.05, 0.1) is 22.8 Å². The number of benzene rings is 1. The van der Waals surface area contributed by atoms with Crippen LogP contribution in [0.15, 0.2) is 49.6 Å². The van der Waals surface area contributed by atoms with Crippen LogP contribution in [0.1, 0.15) is 30.4 Å². The fourth-order valence-electron chi connectivity index (χ4n) is 3.51. The topological polar surface area (TPSA) is 93.2 Å². The molecule has 0 amide bonds. The predicted molar refractivity (Wildman–Crippen MR) is 99.2 cm³/mol. The van der Waals surface area contributed by atoms with Crippen molar-refractivity contribution >= 4 is 27.7 Å². The van der Waals surface area contributed by atoms with Crippen LogP contribution < -0.4 is 16.6 Å². The van der Waals surface area contributed by atoms with Gasteiger partial charge < -0.3 is 10.1 Å². The normalized spacial score (nSPS) is 18.2. The van der Waals surface area contributed by atoms with Gasteiger partial charge in [-0.25, -0.2) is 9.59 Å². The second kappa shape index (κ2) is 6.28. The van der Waals surface area contributed by atoms with Crippen molar-refractivity contribution in [2.24, 2.45) is 0 Å². The lowest BCUT2D eigenvalue weighted by Gasteiger charge is -2.28. The summed E-state index contributed by atoms with van der Waals surface area (Å²) in [5.74, 6) is -0.596. The van der Waals surface area contributed by atoms with Gasteiger partial charge in [0.15, 0.2) is 0 Å². The molecule has 0 unspecified atom stereocenters. The number of nitrogens with one attached hydrogen (secondary N) is 2. The lowest BCUT2D eigenvalue weighted by molar-refractivity contribution is -0.136. The van der Waals surface area contributed by atoms with E-state index < -0.39 is 23.1 Å². The highest BCUT2D eigenvalue weighted by Gasteiger charge is 2.41. The molecular weight excluding hydrogens is 402 g/mol. The predicted octanol–water partition coefficient (Wildman–Crippen LogP) is 2.08. The molecule has 1 atom stereocenters. The first kappa shape index (κ1) is 16.8. The quantitative estimate of drug-likeness (QED) is 0.745. The standard InChI is InChI=1S/C18H16BrN3O4/c1-2-7-22-15-14(16(23)21-18(22)25)12(9-3-5-10(19)6-4-9)13-11(20-15)8-26-17(13)24/h3-6,12,20H,2,7-8H2,1H3,(H,21,23,25)/t12-/m1/s1. The summed E-state index contributed by atoms with van der Waals surface area (Å²) in [6.45, 7) is 2.51. The van der Waals surface area contributed by atoms with Gasteiger partial charge in [0.2, 0.25) is 0 Å². The summed E-state index contributed by atoms with van der Waals surface area (Å²) in [6, 6.07) is 7.42. The van der Waals surface area contributed by atoms with Crippen molar-refractivity contribution in [2.45, 2.75) is 25.8 Å². The number of ether oxygens (including phenoxy) is 1. The van der Waals surface area contributed by atoms with E-state index in [4.69, 9.17) is 4.74 Å². The number of hydrogen-bond acceptors (Lipinski definition) is 5. The zero-order valence-electron chi connectivity index (χ0n) is 14.0. The maximum absolute atomic E-state index is 12.7. The van der Waals surface area contributed by atoms with Crippen LogP contribution >= 0.6 is 15.9 Å². The lowest BCUT2D eigenvalue weighted by atomic mass is 9.83. The van der Waals surface area contributed by atoms with Crippen molar-refractivity contribution in [1.82, 2.24) is 9.55 Å². The Morgan fingerprint density at radius 1 is 1.23 bits per heavy atom. The van der Waals surface area contributed by atoms with Crippen molar-refractivity contribution < 1.29 is 9.53 Å². The molecule has 2 N–H and O–H groups in total. The highest BCUT2D eigenvalue weighted by molar-refractivity contribution is 9.10. The Morgan fingerprint density at radius 2 is 1.96 bits per heavy atom. The van der Waals surface area contributed by atoms with Gasteiger partial charge >= 0.3 is 11.7 Å². The fourth-order valence-corrected chi connectivity index (χ4v) is 3.78. The number of aromatic amines is 1. The molecule has 0 bridgehead atoms. The third-order valence-corrected chi connectivity index (χ3v) is 5.15. The maximum atomic E-state index is 12.7. The number of H-pyrrole nitrogens is 1. The van der Waals surface area contributed by atoms with Crippen LogP contribution in [-0.2, 0) is 16.1 Å². The Kier molecular flexibility index (Phi) is 4.07. The minimum Gasteiger partial charge on any atom is -0.456 e. The van der Waals surface area contributed by atoms with Gasteiger partial charge in [-0.3, -0.25) is 14.3 Å². The molecule has 8 heteroatoms. The van der Waals surface area contributed by atoms with Gasteiger partial charge in [0, 0.05) is 11.0 Å². The molecule has 7 nitrogen and oxygen atoms in total. The molecule has 0 spiro atoms. The average molecular weight is 418 g/mol. The molecule has 0 aliphatic carbocycles. The van der Waals surface area contributed by atoms with Gasteiger partial charge in [-0.15, -0.1) is 0 Å². The van der Waals surface area contributed by atoms with E-state index in [0.29, 0.717) is 29.2 Å². The summed E-state index contributed by atoms with van der Waals surface area (Å²) in [5, 5.41) is 3.10. The van der Waals surface area contributed by atoms with E-state index in [2.05, 4.69) is 26.2 Å². The zero-order chi connectivity index (χ0) is 18.4. The van der Waals surface area contributed by atoms with Crippen molar-refractivity contribution in [1.29, 1.82) is 0 Å². The highest BCUT2D eigenvalue weighted by atomic mass is 79.9. The minimum atomic E-state index is -0.586. The molecule has 1 aromatic carbocycles. The van der Waals surface area contributed by atoms with Gasteiger partial charge in [-0.2, -0.15) is 0 Å². The Hall–Kier alpha value is -2.61. The number of carbonyl (C=O) groups excluding carboxylic acids is 1. The SMILES string of the molecule is CCCn1c2c(c(=O)[nH]c1=O)[C@H](c1ccc(Br)cc1)C1=C(COC1=O)N2. The monoisotopic (exact) mass is 417 g/mol. The number of aromatic nitrogens is 2. The molecule has 2 aliphatic heterocycles. The van der Waals surface area contributed by atoms with Crippen LogP contribution in [0.4, 0.5) is 5.82 Å². The fraction of sp³-hybridized carbons (Fsp3) is 0.278. The van der Waals surface area contributed by atoms with E-state index in [9.17, 15) is 14.4 Å². The Morgan fingerprint density at radius 3 is 2.65 bits per heavy atom. The molecule has 0 saturated carbocycles. The summed E-state index contributed by atoms with van der Waals surface area (Å²) < 4.78 is 7.59. The van der Waals surface area contributed by atoms with Gasteiger partial charge in [0.25, 0.3) is 5.56 Å². The van der Waals surface area contributed by atoms with Crippen LogP contribution in [0, 0.1) is 0 Å². The van der Waals surface area contributed by atoms with E-state index in [1.165, 1.54) is 4.57 Å². The maximum Gasteiger partial charge on any atom is 0.337 e. The first-order valence-electron chi connectivity index (χ1n) is 8.31. The van der Waals surface area contributed by atoms with Crippen LogP contribution in [0.5, 0.6) is 0 Å². The van der Waals surface area contributed by atoms with E-state index in [-0.39, 0.29) is 6.61 Å². The highest BCUT2D eigenvalue weighted by Crippen LogP contribution is 2.42. The molecule has 0 radical (unpaired) electrons. The summed E-state index contributed by atoms with van der Waals surface area (Å²) in [5.41, 5.74) is 1.21. The van der Waals surface area contributed by atoms with E-state index in [0.717, 1.165) is 16.5 Å². The summed E-state index contributed by atoms with van der Waals surface area (Å²) in [4.78, 5) is 39.7. The molecule has 3 heterocycles. The molecule has 134 valence electrons. The van der Waals surface area contributed by atoms with Crippen LogP contribution in [0.2, 0.25) is 0 Å². The van der Waals surface area contributed by atoms with Gasteiger partial charge in [0.1, 0.15) is 12.4 Å². The van der Waals surface area contributed by atoms with E-state index >= 15 is 0 Å².